The first kappa shape index (κ1) is 12.8. The van der Waals surface area contributed by atoms with Crippen molar-refractivity contribution in [1.29, 1.82) is 0 Å². The summed E-state index contributed by atoms with van der Waals surface area (Å²) in [6, 6.07) is 10.1. The minimum Gasteiger partial charge on any atom is -0.282 e. The Kier molecular flexibility index (Phi) is 2.95. The van der Waals surface area contributed by atoms with E-state index in [1.165, 1.54) is 10.5 Å². The molecule has 2 bridgehead atoms. The molecule has 3 aliphatic carbocycles. The van der Waals surface area contributed by atoms with Crippen LogP contribution < -0.4 is 0 Å². The summed E-state index contributed by atoms with van der Waals surface area (Å²) in [4.78, 5) is 26.8. The fraction of sp³-hybridized carbons (Fsp3) is 0.444. The van der Waals surface area contributed by atoms with Gasteiger partial charge in [-0.25, -0.2) is 0 Å². The zero-order chi connectivity index (χ0) is 14.4. The molecule has 5 rings (SSSR count). The van der Waals surface area contributed by atoms with E-state index in [9.17, 15) is 9.59 Å². The van der Waals surface area contributed by atoms with Gasteiger partial charge in [-0.2, -0.15) is 0 Å². The molecule has 1 aliphatic heterocycles. The molecule has 1 saturated carbocycles. The molecule has 0 aromatic heterocycles. The van der Waals surface area contributed by atoms with E-state index in [2.05, 4.69) is 12.2 Å². The van der Waals surface area contributed by atoms with Crippen LogP contribution in [0.4, 0.5) is 0 Å². The molecule has 4 aliphatic rings. The normalized spacial score (nSPS) is 33.6. The Morgan fingerprint density at radius 1 is 0.905 bits per heavy atom. The van der Waals surface area contributed by atoms with Crippen molar-refractivity contribution < 1.29 is 9.59 Å². The van der Waals surface area contributed by atoms with Gasteiger partial charge in [0.1, 0.15) is 0 Å². The lowest BCUT2D eigenvalue weighted by Crippen LogP contribution is -2.38. The smallest absolute Gasteiger partial charge is 0.233 e. The molecule has 1 aromatic rings. The number of carbonyl (C=O) groups is 2. The maximum Gasteiger partial charge on any atom is 0.233 e. The van der Waals surface area contributed by atoms with Crippen molar-refractivity contribution in [2.45, 2.75) is 19.3 Å². The number of fused-ring (bicyclic) bond motifs is 1. The number of likely N-dealkylation sites (tertiary alicyclic amines) is 1. The fourth-order valence-corrected chi connectivity index (χ4v) is 4.24. The standard InChI is InChI=1S/C18H19NO2/c20-17-15-13-6-7-14(9-8-13)16(15)18(21)19(17)11-10-12-4-2-1-3-5-12/h1-7,13-16H,8-11H2/t13-,14+,15-,16+. The van der Waals surface area contributed by atoms with Crippen LogP contribution in [0.25, 0.3) is 0 Å². The summed E-state index contributed by atoms with van der Waals surface area (Å²) in [5, 5.41) is 0. The van der Waals surface area contributed by atoms with Crippen molar-refractivity contribution in [3.05, 3.63) is 48.0 Å². The second-order valence-electron chi connectivity index (χ2n) is 6.41. The third-order valence-electron chi connectivity index (χ3n) is 5.32. The summed E-state index contributed by atoms with van der Waals surface area (Å²) >= 11 is 0. The van der Waals surface area contributed by atoms with Crippen LogP contribution in [0.2, 0.25) is 0 Å². The number of hydrogen-bond donors (Lipinski definition) is 0. The van der Waals surface area contributed by atoms with Crippen LogP contribution in [0.1, 0.15) is 18.4 Å². The molecule has 0 N–H and O–H groups in total. The Morgan fingerprint density at radius 2 is 1.48 bits per heavy atom. The summed E-state index contributed by atoms with van der Waals surface area (Å²) in [7, 11) is 0. The highest BCUT2D eigenvalue weighted by Crippen LogP contribution is 2.49. The molecule has 3 heteroatoms. The summed E-state index contributed by atoms with van der Waals surface area (Å²) < 4.78 is 0. The van der Waals surface area contributed by atoms with Gasteiger partial charge in [0.25, 0.3) is 0 Å². The predicted molar refractivity (Wildman–Crippen MR) is 79.2 cm³/mol. The molecule has 3 nitrogen and oxygen atoms in total. The van der Waals surface area contributed by atoms with E-state index in [4.69, 9.17) is 0 Å². The average molecular weight is 281 g/mol. The number of hydrogen-bond acceptors (Lipinski definition) is 2. The lowest BCUT2D eigenvalue weighted by Gasteiger charge is -2.38. The van der Waals surface area contributed by atoms with E-state index in [0.29, 0.717) is 6.54 Å². The summed E-state index contributed by atoms with van der Waals surface area (Å²) in [5.41, 5.74) is 1.18. The number of rotatable bonds is 3. The first-order valence-electron chi connectivity index (χ1n) is 7.83. The van der Waals surface area contributed by atoms with E-state index >= 15 is 0 Å². The second kappa shape index (κ2) is 4.83. The van der Waals surface area contributed by atoms with Gasteiger partial charge in [0.15, 0.2) is 0 Å². The van der Waals surface area contributed by atoms with Gasteiger partial charge in [0.2, 0.25) is 11.8 Å². The molecule has 4 atom stereocenters. The maximum absolute atomic E-state index is 12.6. The van der Waals surface area contributed by atoms with E-state index in [-0.39, 0.29) is 35.5 Å². The van der Waals surface area contributed by atoms with Gasteiger partial charge in [-0.1, -0.05) is 42.5 Å². The van der Waals surface area contributed by atoms with Gasteiger partial charge in [0.05, 0.1) is 11.8 Å². The van der Waals surface area contributed by atoms with Crippen LogP contribution in [0, 0.1) is 23.7 Å². The molecule has 2 fully saturated rings. The van der Waals surface area contributed by atoms with Crippen molar-refractivity contribution >= 4 is 11.8 Å². The lowest BCUT2D eigenvalue weighted by atomic mass is 9.63. The third-order valence-corrected chi connectivity index (χ3v) is 5.32. The van der Waals surface area contributed by atoms with Gasteiger partial charge < -0.3 is 0 Å². The lowest BCUT2D eigenvalue weighted by molar-refractivity contribution is -0.140. The number of benzene rings is 1. The van der Waals surface area contributed by atoms with Crippen LogP contribution in [-0.4, -0.2) is 23.3 Å². The topological polar surface area (TPSA) is 37.4 Å². The Morgan fingerprint density at radius 3 is 2.00 bits per heavy atom. The molecule has 0 spiro atoms. The Hall–Kier alpha value is -1.90. The average Bonchev–Trinajstić information content (AvgIpc) is 2.81. The monoisotopic (exact) mass is 281 g/mol. The Bertz CT molecular complexity index is 575. The molecule has 1 saturated heterocycles. The van der Waals surface area contributed by atoms with Gasteiger partial charge in [-0.15, -0.1) is 0 Å². The van der Waals surface area contributed by atoms with Crippen LogP contribution in [0.15, 0.2) is 42.5 Å². The fourth-order valence-electron chi connectivity index (χ4n) is 4.24. The van der Waals surface area contributed by atoms with E-state index in [0.717, 1.165) is 19.3 Å². The van der Waals surface area contributed by atoms with Gasteiger partial charge >= 0.3 is 0 Å². The quantitative estimate of drug-likeness (QED) is 0.630. The van der Waals surface area contributed by atoms with Gasteiger partial charge in [0, 0.05) is 6.54 Å². The first-order chi connectivity index (χ1) is 10.3. The highest BCUT2D eigenvalue weighted by atomic mass is 16.2. The van der Waals surface area contributed by atoms with Gasteiger partial charge in [-0.3, -0.25) is 14.5 Å². The largest absolute Gasteiger partial charge is 0.282 e. The highest BCUT2D eigenvalue weighted by Gasteiger charge is 2.56. The van der Waals surface area contributed by atoms with Gasteiger partial charge in [-0.05, 0) is 36.7 Å². The zero-order valence-corrected chi connectivity index (χ0v) is 11.9. The number of carbonyl (C=O) groups excluding carboxylic acids is 2. The Balaban J connectivity index is 1.53. The minimum atomic E-state index is -0.0722. The third kappa shape index (κ3) is 1.95. The number of amides is 2. The summed E-state index contributed by atoms with van der Waals surface area (Å²) in [6.45, 7) is 0.522. The SMILES string of the molecule is O=C1[C@@H]2[C@H](C(=O)N1CCc1ccccc1)[C@@H]1C=C[C@H]2CC1. The Labute approximate surface area is 124 Å². The zero-order valence-electron chi connectivity index (χ0n) is 11.9. The van der Waals surface area contributed by atoms with Crippen molar-refractivity contribution in [2.75, 3.05) is 6.54 Å². The van der Waals surface area contributed by atoms with Crippen molar-refractivity contribution in [3.63, 3.8) is 0 Å². The predicted octanol–water partition coefficient (Wildman–Crippen LogP) is 2.43. The first-order valence-corrected chi connectivity index (χ1v) is 7.83. The van der Waals surface area contributed by atoms with Crippen LogP contribution in [-0.2, 0) is 16.0 Å². The molecular formula is C18H19NO2. The molecule has 108 valence electrons. The van der Waals surface area contributed by atoms with Crippen molar-refractivity contribution in [2.24, 2.45) is 23.7 Å². The second-order valence-corrected chi connectivity index (χ2v) is 6.41. The van der Waals surface area contributed by atoms with E-state index in [1.54, 1.807) is 0 Å². The van der Waals surface area contributed by atoms with Crippen molar-refractivity contribution in [3.8, 4) is 0 Å². The molecular weight excluding hydrogens is 262 g/mol. The highest BCUT2D eigenvalue weighted by molar-refractivity contribution is 6.06. The number of allylic oxidation sites excluding steroid dienone is 2. The molecule has 0 unspecified atom stereocenters. The van der Waals surface area contributed by atoms with Crippen LogP contribution in [0.5, 0.6) is 0 Å². The molecule has 0 radical (unpaired) electrons. The van der Waals surface area contributed by atoms with Crippen LogP contribution >= 0.6 is 0 Å². The van der Waals surface area contributed by atoms with E-state index < -0.39 is 0 Å². The van der Waals surface area contributed by atoms with Crippen LogP contribution in [0.3, 0.4) is 0 Å². The summed E-state index contributed by atoms with van der Waals surface area (Å²) in [5.74, 6) is 0.574. The number of nitrogens with zero attached hydrogens (tertiary/aromatic N) is 1. The number of imide groups is 1. The minimum absolute atomic E-state index is 0.0694. The molecule has 1 aromatic carbocycles. The van der Waals surface area contributed by atoms with E-state index in [1.807, 2.05) is 30.3 Å². The maximum atomic E-state index is 12.6. The van der Waals surface area contributed by atoms with Crippen molar-refractivity contribution in [1.82, 2.24) is 4.90 Å². The molecule has 21 heavy (non-hydrogen) atoms. The molecule has 1 heterocycles. The summed E-state index contributed by atoms with van der Waals surface area (Å²) in [6.07, 6.45) is 7.21. The molecule has 2 amide bonds.